The minimum absolute atomic E-state index is 0.0533. The molecular weight excluding hydrogens is 260 g/mol. The van der Waals surface area contributed by atoms with Crippen molar-refractivity contribution in [1.82, 2.24) is 10.2 Å². The summed E-state index contributed by atoms with van der Waals surface area (Å²) in [6.07, 6.45) is 3.73. The molecule has 1 N–H and O–H groups in total. The van der Waals surface area contributed by atoms with Crippen LogP contribution in [0.3, 0.4) is 0 Å². The Kier molecular flexibility index (Phi) is 5.00. The maximum atomic E-state index is 12.4. The largest absolute Gasteiger partial charge is 0.333 e. The highest BCUT2D eigenvalue weighted by Gasteiger charge is 2.26. The van der Waals surface area contributed by atoms with Crippen LogP contribution in [0.1, 0.15) is 18.4 Å². The van der Waals surface area contributed by atoms with Gasteiger partial charge in [-0.3, -0.25) is 4.79 Å². The van der Waals surface area contributed by atoms with Crippen molar-refractivity contribution < 1.29 is 4.79 Å². The van der Waals surface area contributed by atoms with Crippen molar-refractivity contribution in [2.24, 2.45) is 0 Å². The maximum Gasteiger partial charge on any atom is 0.240 e. The standard InChI is InChI=1S/C15H19ClN2O/c1-2-10-18(15(19)14-8-5-9-17-14)11-12-6-3-4-7-13(12)16/h2-4,6-7,14,17H,1,5,8-11H2. The fourth-order valence-corrected chi connectivity index (χ4v) is 2.53. The minimum atomic E-state index is -0.0533. The first-order valence-corrected chi connectivity index (χ1v) is 6.96. The molecule has 1 unspecified atom stereocenters. The van der Waals surface area contributed by atoms with Gasteiger partial charge in [-0.15, -0.1) is 6.58 Å². The minimum Gasteiger partial charge on any atom is -0.333 e. The Hall–Kier alpha value is -1.32. The van der Waals surface area contributed by atoms with Gasteiger partial charge in [-0.1, -0.05) is 35.9 Å². The summed E-state index contributed by atoms with van der Waals surface area (Å²) in [5.41, 5.74) is 0.970. The number of hydrogen-bond donors (Lipinski definition) is 1. The van der Waals surface area contributed by atoms with Gasteiger partial charge in [0, 0.05) is 18.1 Å². The number of nitrogens with one attached hydrogen (secondary N) is 1. The van der Waals surface area contributed by atoms with Crippen molar-refractivity contribution in [1.29, 1.82) is 0 Å². The van der Waals surface area contributed by atoms with E-state index < -0.39 is 0 Å². The van der Waals surface area contributed by atoms with Crippen LogP contribution < -0.4 is 5.32 Å². The van der Waals surface area contributed by atoms with Crippen LogP contribution >= 0.6 is 11.6 Å². The number of rotatable bonds is 5. The van der Waals surface area contributed by atoms with E-state index in [9.17, 15) is 4.79 Å². The van der Waals surface area contributed by atoms with E-state index in [0.29, 0.717) is 18.1 Å². The molecule has 0 spiro atoms. The Morgan fingerprint density at radius 3 is 2.95 bits per heavy atom. The average molecular weight is 279 g/mol. The molecule has 19 heavy (non-hydrogen) atoms. The van der Waals surface area contributed by atoms with Crippen LogP contribution in [0, 0.1) is 0 Å². The van der Waals surface area contributed by atoms with Crippen LogP contribution in [0.15, 0.2) is 36.9 Å². The monoisotopic (exact) mass is 278 g/mol. The molecule has 1 aromatic carbocycles. The lowest BCUT2D eigenvalue weighted by Gasteiger charge is -2.25. The predicted molar refractivity (Wildman–Crippen MR) is 78.1 cm³/mol. The maximum absolute atomic E-state index is 12.4. The summed E-state index contributed by atoms with van der Waals surface area (Å²) in [4.78, 5) is 14.2. The molecule has 0 saturated carbocycles. The van der Waals surface area contributed by atoms with Crippen LogP contribution in [0.4, 0.5) is 0 Å². The number of hydrogen-bond acceptors (Lipinski definition) is 2. The number of benzene rings is 1. The molecule has 3 nitrogen and oxygen atoms in total. The van der Waals surface area contributed by atoms with Crippen LogP contribution in [0.5, 0.6) is 0 Å². The van der Waals surface area contributed by atoms with Crippen LogP contribution in [-0.4, -0.2) is 29.9 Å². The second kappa shape index (κ2) is 6.73. The topological polar surface area (TPSA) is 32.3 Å². The third kappa shape index (κ3) is 3.58. The van der Waals surface area contributed by atoms with E-state index in [-0.39, 0.29) is 11.9 Å². The van der Waals surface area contributed by atoms with Crippen molar-refractivity contribution in [2.45, 2.75) is 25.4 Å². The summed E-state index contributed by atoms with van der Waals surface area (Å²) in [6, 6.07) is 7.58. The van der Waals surface area contributed by atoms with E-state index in [2.05, 4.69) is 11.9 Å². The van der Waals surface area contributed by atoms with Gasteiger partial charge in [0.2, 0.25) is 5.91 Å². The van der Waals surface area contributed by atoms with Gasteiger partial charge < -0.3 is 10.2 Å². The van der Waals surface area contributed by atoms with Crippen molar-refractivity contribution in [3.05, 3.63) is 47.5 Å². The molecule has 2 rings (SSSR count). The molecule has 1 heterocycles. The van der Waals surface area contributed by atoms with Crippen LogP contribution in [0.25, 0.3) is 0 Å². The molecule has 1 atom stereocenters. The third-order valence-corrected chi connectivity index (χ3v) is 3.71. The van der Waals surface area contributed by atoms with Gasteiger partial charge in [-0.05, 0) is 31.0 Å². The zero-order chi connectivity index (χ0) is 13.7. The first-order valence-electron chi connectivity index (χ1n) is 6.59. The van der Waals surface area contributed by atoms with E-state index in [1.165, 1.54) is 0 Å². The summed E-state index contributed by atoms with van der Waals surface area (Å²) in [6.45, 7) is 5.72. The summed E-state index contributed by atoms with van der Waals surface area (Å²) < 4.78 is 0. The predicted octanol–water partition coefficient (Wildman–Crippen LogP) is 2.61. The number of halogens is 1. The Labute approximate surface area is 119 Å². The Balaban J connectivity index is 2.09. The van der Waals surface area contributed by atoms with E-state index in [4.69, 9.17) is 11.6 Å². The fourth-order valence-electron chi connectivity index (χ4n) is 2.34. The molecule has 102 valence electrons. The molecule has 0 radical (unpaired) electrons. The molecular formula is C15H19ClN2O. The number of carbonyl (C=O) groups is 1. The van der Waals surface area contributed by atoms with Crippen molar-refractivity contribution in [3.63, 3.8) is 0 Å². The van der Waals surface area contributed by atoms with Gasteiger partial charge in [-0.25, -0.2) is 0 Å². The highest BCUT2D eigenvalue weighted by Crippen LogP contribution is 2.18. The van der Waals surface area contributed by atoms with E-state index >= 15 is 0 Å². The normalized spacial score (nSPS) is 18.3. The lowest BCUT2D eigenvalue weighted by Crippen LogP contribution is -2.43. The molecule has 1 aliphatic rings. The zero-order valence-corrected chi connectivity index (χ0v) is 11.7. The summed E-state index contributed by atoms with van der Waals surface area (Å²) >= 11 is 6.15. The van der Waals surface area contributed by atoms with E-state index in [0.717, 1.165) is 24.9 Å². The average Bonchev–Trinajstić information content (AvgIpc) is 2.94. The molecule has 0 bridgehead atoms. The van der Waals surface area contributed by atoms with Gasteiger partial charge in [0.05, 0.1) is 6.04 Å². The zero-order valence-electron chi connectivity index (χ0n) is 10.9. The first-order chi connectivity index (χ1) is 9.22. The van der Waals surface area contributed by atoms with Gasteiger partial charge >= 0.3 is 0 Å². The molecule has 1 aromatic rings. The van der Waals surface area contributed by atoms with E-state index in [1.807, 2.05) is 24.3 Å². The quantitative estimate of drug-likeness (QED) is 0.840. The van der Waals surface area contributed by atoms with Crippen molar-refractivity contribution in [3.8, 4) is 0 Å². The molecule has 1 fully saturated rings. The van der Waals surface area contributed by atoms with Crippen LogP contribution in [-0.2, 0) is 11.3 Å². The molecule has 1 saturated heterocycles. The Morgan fingerprint density at radius 2 is 2.32 bits per heavy atom. The number of carbonyl (C=O) groups excluding carboxylic acids is 1. The second-order valence-corrected chi connectivity index (χ2v) is 5.15. The highest BCUT2D eigenvalue weighted by atomic mass is 35.5. The highest BCUT2D eigenvalue weighted by molar-refractivity contribution is 6.31. The fraction of sp³-hybridized carbons (Fsp3) is 0.400. The van der Waals surface area contributed by atoms with Gasteiger partial charge in [0.15, 0.2) is 0 Å². The van der Waals surface area contributed by atoms with Gasteiger partial charge in [-0.2, -0.15) is 0 Å². The van der Waals surface area contributed by atoms with Gasteiger partial charge in [0.25, 0.3) is 0 Å². The summed E-state index contributed by atoms with van der Waals surface area (Å²) in [5, 5.41) is 3.94. The molecule has 1 aliphatic heterocycles. The smallest absolute Gasteiger partial charge is 0.240 e. The SMILES string of the molecule is C=CCN(Cc1ccccc1Cl)C(=O)C1CCCN1. The molecule has 4 heteroatoms. The van der Waals surface area contributed by atoms with Crippen LogP contribution in [0.2, 0.25) is 5.02 Å². The second-order valence-electron chi connectivity index (χ2n) is 4.75. The summed E-state index contributed by atoms with van der Waals surface area (Å²) in [7, 11) is 0. The molecule has 1 amide bonds. The first kappa shape index (κ1) is 14.1. The lowest BCUT2D eigenvalue weighted by molar-refractivity contribution is -0.133. The van der Waals surface area contributed by atoms with Crippen molar-refractivity contribution in [2.75, 3.05) is 13.1 Å². The lowest BCUT2D eigenvalue weighted by atomic mass is 10.1. The van der Waals surface area contributed by atoms with Crippen molar-refractivity contribution >= 4 is 17.5 Å². The Bertz CT molecular complexity index is 455. The molecule has 0 aliphatic carbocycles. The third-order valence-electron chi connectivity index (χ3n) is 3.34. The number of amides is 1. The van der Waals surface area contributed by atoms with E-state index in [1.54, 1.807) is 11.0 Å². The Morgan fingerprint density at radius 1 is 1.53 bits per heavy atom. The number of nitrogens with zero attached hydrogens (tertiary/aromatic N) is 1. The molecule has 0 aromatic heterocycles. The van der Waals surface area contributed by atoms with Gasteiger partial charge in [0.1, 0.15) is 0 Å². The summed E-state index contributed by atoms with van der Waals surface area (Å²) in [5.74, 6) is 0.136.